The Morgan fingerprint density at radius 2 is 2.36 bits per heavy atom. The molecular weight excluding hydrogens is 178 g/mol. The lowest BCUT2D eigenvalue weighted by molar-refractivity contribution is -0.149. The minimum absolute atomic E-state index is 0.506. The summed E-state index contributed by atoms with van der Waals surface area (Å²) in [6.07, 6.45) is 4.79. The van der Waals surface area contributed by atoms with Crippen molar-refractivity contribution in [3.05, 3.63) is 30.1 Å². The summed E-state index contributed by atoms with van der Waals surface area (Å²) in [5.74, 6) is -0.213. The second kappa shape index (κ2) is 3.08. The first kappa shape index (κ1) is 9.19. The zero-order chi connectivity index (χ0) is 10.2. The van der Waals surface area contributed by atoms with Crippen molar-refractivity contribution < 1.29 is 9.90 Å². The average Bonchev–Trinajstić information content (AvgIpc) is 2.13. The van der Waals surface area contributed by atoms with Crippen molar-refractivity contribution in [1.29, 1.82) is 0 Å². The SMILES string of the molecule is CC1CC(C(=O)O)(c2cccnc2)C1. The van der Waals surface area contributed by atoms with Gasteiger partial charge in [0.1, 0.15) is 0 Å². The van der Waals surface area contributed by atoms with Crippen molar-refractivity contribution in [3.63, 3.8) is 0 Å². The van der Waals surface area contributed by atoms with Crippen molar-refractivity contribution in [1.82, 2.24) is 4.98 Å². The highest BCUT2D eigenvalue weighted by Crippen LogP contribution is 2.47. The van der Waals surface area contributed by atoms with Crippen LogP contribution in [-0.4, -0.2) is 16.1 Å². The van der Waals surface area contributed by atoms with E-state index in [2.05, 4.69) is 11.9 Å². The van der Waals surface area contributed by atoms with Crippen molar-refractivity contribution in [2.75, 3.05) is 0 Å². The van der Waals surface area contributed by atoms with Crippen LogP contribution >= 0.6 is 0 Å². The van der Waals surface area contributed by atoms with E-state index in [0.717, 1.165) is 18.4 Å². The average molecular weight is 191 g/mol. The molecule has 1 fully saturated rings. The van der Waals surface area contributed by atoms with E-state index in [9.17, 15) is 9.90 Å². The molecule has 1 aromatic rings. The third-order valence-electron chi connectivity index (χ3n) is 3.02. The molecule has 1 aliphatic rings. The molecule has 0 radical (unpaired) electrons. The molecule has 0 spiro atoms. The predicted molar refractivity (Wildman–Crippen MR) is 51.9 cm³/mol. The summed E-state index contributed by atoms with van der Waals surface area (Å²) < 4.78 is 0. The molecule has 0 amide bonds. The Bertz CT molecular complexity index is 342. The Hall–Kier alpha value is -1.38. The van der Waals surface area contributed by atoms with E-state index >= 15 is 0 Å². The van der Waals surface area contributed by atoms with E-state index in [4.69, 9.17) is 0 Å². The number of carboxylic acids is 1. The minimum Gasteiger partial charge on any atom is -0.481 e. The fourth-order valence-corrected chi connectivity index (χ4v) is 2.31. The number of nitrogens with zero attached hydrogens (tertiary/aromatic N) is 1. The van der Waals surface area contributed by atoms with Gasteiger partial charge in [0.05, 0.1) is 5.41 Å². The topological polar surface area (TPSA) is 50.2 Å². The summed E-state index contributed by atoms with van der Waals surface area (Å²) in [5.41, 5.74) is 0.179. The van der Waals surface area contributed by atoms with E-state index in [-0.39, 0.29) is 0 Å². The summed E-state index contributed by atoms with van der Waals surface area (Å²) in [5, 5.41) is 9.23. The normalized spacial score (nSPS) is 30.8. The zero-order valence-corrected chi connectivity index (χ0v) is 8.10. The van der Waals surface area contributed by atoms with Crippen LogP contribution in [0.2, 0.25) is 0 Å². The molecule has 2 rings (SSSR count). The highest BCUT2D eigenvalue weighted by molar-refractivity contribution is 5.82. The summed E-state index contributed by atoms with van der Waals surface area (Å²) in [7, 11) is 0. The number of aromatic nitrogens is 1. The van der Waals surface area contributed by atoms with E-state index in [1.807, 2.05) is 6.07 Å². The van der Waals surface area contributed by atoms with Crippen LogP contribution in [0.15, 0.2) is 24.5 Å². The van der Waals surface area contributed by atoms with Gasteiger partial charge in [0.25, 0.3) is 0 Å². The van der Waals surface area contributed by atoms with Gasteiger partial charge < -0.3 is 5.11 Å². The molecule has 0 atom stereocenters. The standard InChI is InChI=1S/C11H13NO2/c1-8-5-11(6-8,10(13)14)9-3-2-4-12-7-9/h2-4,7-8H,5-6H2,1H3,(H,13,14). The molecular formula is C11H13NO2. The number of carbonyl (C=O) groups is 1. The summed E-state index contributed by atoms with van der Waals surface area (Å²) in [6.45, 7) is 2.08. The van der Waals surface area contributed by atoms with Crippen LogP contribution in [0.25, 0.3) is 0 Å². The van der Waals surface area contributed by atoms with Crippen LogP contribution in [0.3, 0.4) is 0 Å². The fourth-order valence-electron chi connectivity index (χ4n) is 2.31. The van der Waals surface area contributed by atoms with Gasteiger partial charge in [-0.05, 0) is 30.4 Å². The van der Waals surface area contributed by atoms with Crippen LogP contribution < -0.4 is 0 Å². The van der Waals surface area contributed by atoms with Gasteiger partial charge in [0, 0.05) is 12.4 Å². The molecule has 3 heteroatoms. The number of pyridine rings is 1. The Labute approximate surface area is 82.8 Å². The number of carboxylic acid groups (broad SMARTS) is 1. The quantitative estimate of drug-likeness (QED) is 0.775. The fraction of sp³-hybridized carbons (Fsp3) is 0.455. The molecule has 1 aliphatic carbocycles. The number of rotatable bonds is 2. The highest BCUT2D eigenvalue weighted by atomic mass is 16.4. The monoisotopic (exact) mass is 191 g/mol. The molecule has 74 valence electrons. The zero-order valence-electron chi connectivity index (χ0n) is 8.10. The van der Waals surface area contributed by atoms with Crippen LogP contribution in [0, 0.1) is 5.92 Å². The van der Waals surface area contributed by atoms with Crippen molar-refractivity contribution in [2.24, 2.45) is 5.92 Å². The Morgan fingerprint density at radius 3 is 2.79 bits per heavy atom. The molecule has 14 heavy (non-hydrogen) atoms. The molecule has 0 bridgehead atoms. The van der Waals surface area contributed by atoms with Gasteiger partial charge in [-0.15, -0.1) is 0 Å². The maximum Gasteiger partial charge on any atom is 0.314 e. The molecule has 1 saturated carbocycles. The molecule has 0 saturated heterocycles. The Kier molecular flexibility index (Phi) is 2.02. The van der Waals surface area contributed by atoms with Crippen molar-refractivity contribution >= 4 is 5.97 Å². The number of aliphatic carboxylic acids is 1. The summed E-state index contributed by atoms with van der Waals surface area (Å²) in [4.78, 5) is 15.2. The van der Waals surface area contributed by atoms with Gasteiger partial charge >= 0.3 is 5.97 Å². The summed E-state index contributed by atoms with van der Waals surface area (Å²) >= 11 is 0. The van der Waals surface area contributed by atoms with Gasteiger partial charge in [-0.2, -0.15) is 0 Å². The van der Waals surface area contributed by atoms with Gasteiger partial charge in [-0.3, -0.25) is 9.78 Å². The second-order valence-corrected chi connectivity index (χ2v) is 4.14. The van der Waals surface area contributed by atoms with Crippen molar-refractivity contribution in [2.45, 2.75) is 25.2 Å². The van der Waals surface area contributed by atoms with Gasteiger partial charge in [0.15, 0.2) is 0 Å². The highest BCUT2D eigenvalue weighted by Gasteiger charge is 2.49. The molecule has 3 nitrogen and oxygen atoms in total. The second-order valence-electron chi connectivity index (χ2n) is 4.14. The first-order chi connectivity index (χ1) is 6.65. The van der Waals surface area contributed by atoms with Crippen molar-refractivity contribution in [3.8, 4) is 0 Å². The van der Waals surface area contributed by atoms with E-state index in [1.165, 1.54) is 0 Å². The lowest BCUT2D eigenvalue weighted by Gasteiger charge is -2.43. The first-order valence-corrected chi connectivity index (χ1v) is 4.79. The first-order valence-electron chi connectivity index (χ1n) is 4.79. The van der Waals surface area contributed by atoms with Gasteiger partial charge in [-0.25, -0.2) is 0 Å². The number of hydrogen-bond acceptors (Lipinski definition) is 2. The molecule has 1 aromatic heterocycles. The Morgan fingerprint density at radius 1 is 1.64 bits per heavy atom. The third kappa shape index (κ3) is 1.20. The molecule has 0 aromatic carbocycles. The maximum atomic E-state index is 11.2. The lowest BCUT2D eigenvalue weighted by Crippen LogP contribution is -2.46. The Balaban J connectivity index is 2.34. The van der Waals surface area contributed by atoms with Crippen LogP contribution in [0.5, 0.6) is 0 Å². The predicted octanol–water partition coefficient (Wildman–Crippen LogP) is 1.83. The molecule has 0 aliphatic heterocycles. The smallest absolute Gasteiger partial charge is 0.314 e. The minimum atomic E-state index is -0.719. The van der Waals surface area contributed by atoms with E-state index in [1.54, 1.807) is 18.5 Å². The van der Waals surface area contributed by atoms with Gasteiger partial charge in [-0.1, -0.05) is 13.0 Å². The van der Waals surface area contributed by atoms with Crippen LogP contribution in [0.1, 0.15) is 25.3 Å². The van der Waals surface area contributed by atoms with E-state index in [0.29, 0.717) is 5.92 Å². The van der Waals surface area contributed by atoms with Gasteiger partial charge in [0.2, 0.25) is 0 Å². The molecule has 1 heterocycles. The number of hydrogen-bond donors (Lipinski definition) is 1. The molecule has 0 unspecified atom stereocenters. The molecule has 1 N–H and O–H groups in total. The van der Waals surface area contributed by atoms with Crippen LogP contribution in [-0.2, 0) is 10.2 Å². The maximum absolute atomic E-state index is 11.2. The summed E-state index contributed by atoms with van der Waals surface area (Å²) in [6, 6.07) is 3.65. The third-order valence-corrected chi connectivity index (χ3v) is 3.02. The largest absolute Gasteiger partial charge is 0.481 e. The lowest BCUT2D eigenvalue weighted by atomic mass is 9.59. The van der Waals surface area contributed by atoms with E-state index < -0.39 is 11.4 Å². The van der Waals surface area contributed by atoms with Crippen LogP contribution in [0.4, 0.5) is 0 Å².